The zero-order valence-corrected chi connectivity index (χ0v) is 13.3. The summed E-state index contributed by atoms with van der Waals surface area (Å²) in [6, 6.07) is 4.00. The predicted octanol–water partition coefficient (Wildman–Crippen LogP) is 2.15. The molecule has 112 valence electrons. The van der Waals surface area contributed by atoms with Gasteiger partial charge in [-0.15, -0.1) is 0 Å². The first-order chi connectivity index (χ1) is 9.11. The van der Waals surface area contributed by atoms with Gasteiger partial charge in [0.15, 0.2) is 0 Å². The van der Waals surface area contributed by atoms with Crippen molar-refractivity contribution in [2.75, 3.05) is 0 Å². The highest BCUT2D eigenvalue weighted by Gasteiger charge is 2.17. The van der Waals surface area contributed by atoms with Crippen LogP contribution in [0.1, 0.15) is 37.6 Å². The highest BCUT2D eigenvalue weighted by atomic mass is 35.5. The number of carbonyl (C=O) groups excluding carboxylic acids is 1. The summed E-state index contributed by atoms with van der Waals surface area (Å²) in [5.41, 5.74) is 0.217. The normalized spacial score (nSPS) is 13.3. The number of nitrogens with one attached hydrogen (secondary N) is 1. The smallest absolute Gasteiger partial charge is 0.251 e. The van der Waals surface area contributed by atoms with Crippen LogP contribution in [0.3, 0.4) is 0 Å². The molecular formula is C13H19ClN2O3S. The van der Waals surface area contributed by atoms with Gasteiger partial charge in [0.2, 0.25) is 10.0 Å². The van der Waals surface area contributed by atoms with E-state index in [1.807, 2.05) is 6.92 Å². The Morgan fingerprint density at radius 3 is 2.45 bits per heavy atom. The van der Waals surface area contributed by atoms with Crippen LogP contribution < -0.4 is 10.5 Å². The third kappa shape index (κ3) is 4.77. The molecule has 7 heteroatoms. The van der Waals surface area contributed by atoms with Crippen LogP contribution in [0.2, 0.25) is 5.02 Å². The van der Waals surface area contributed by atoms with Gasteiger partial charge in [0.05, 0.1) is 5.02 Å². The summed E-state index contributed by atoms with van der Waals surface area (Å²) >= 11 is 5.77. The first-order valence-electron chi connectivity index (χ1n) is 6.24. The Balaban J connectivity index is 2.95. The second-order valence-corrected chi connectivity index (χ2v) is 7.13. The maximum Gasteiger partial charge on any atom is 0.251 e. The molecule has 1 atom stereocenters. The molecule has 5 nitrogen and oxygen atoms in total. The number of carbonyl (C=O) groups is 1. The van der Waals surface area contributed by atoms with Gasteiger partial charge in [-0.2, -0.15) is 0 Å². The molecule has 0 saturated heterocycles. The number of rotatable bonds is 5. The SMILES string of the molecule is CC(C)CC(C)NC(=O)c1ccc(Cl)c(S(N)(=O)=O)c1. The van der Waals surface area contributed by atoms with E-state index in [0.29, 0.717) is 5.92 Å². The van der Waals surface area contributed by atoms with Gasteiger partial charge in [0.25, 0.3) is 5.91 Å². The van der Waals surface area contributed by atoms with Crippen LogP contribution in [0.4, 0.5) is 0 Å². The Labute approximate surface area is 124 Å². The monoisotopic (exact) mass is 318 g/mol. The van der Waals surface area contributed by atoms with Crippen molar-refractivity contribution in [3.63, 3.8) is 0 Å². The summed E-state index contributed by atoms with van der Waals surface area (Å²) in [5.74, 6) is 0.107. The summed E-state index contributed by atoms with van der Waals surface area (Å²) < 4.78 is 22.7. The highest BCUT2D eigenvalue weighted by Crippen LogP contribution is 2.21. The van der Waals surface area contributed by atoms with Crippen molar-refractivity contribution in [1.29, 1.82) is 0 Å². The van der Waals surface area contributed by atoms with Gasteiger partial charge >= 0.3 is 0 Å². The number of nitrogens with two attached hydrogens (primary N) is 1. The van der Waals surface area contributed by atoms with Crippen LogP contribution in [0.5, 0.6) is 0 Å². The first kappa shape index (κ1) is 16.9. The Kier molecular flexibility index (Phi) is 5.56. The molecule has 0 saturated carbocycles. The Bertz CT molecular complexity index is 600. The number of primary sulfonamides is 1. The number of hydrogen-bond donors (Lipinski definition) is 2. The molecule has 0 radical (unpaired) electrons. The minimum atomic E-state index is -3.95. The number of benzene rings is 1. The number of amides is 1. The van der Waals surface area contributed by atoms with E-state index in [-0.39, 0.29) is 27.4 Å². The zero-order chi connectivity index (χ0) is 15.5. The Hall–Kier alpha value is -1.11. The van der Waals surface area contributed by atoms with Gasteiger partial charge in [-0.3, -0.25) is 4.79 Å². The van der Waals surface area contributed by atoms with Gasteiger partial charge < -0.3 is 5.32 Å². The van der Waals surface area contributed by atoms with E-state index in [1.54, 1.807) is 0 Å². The van der Waals surface area contributed by atoms with E-state index in [0.717, 1.165) is 6.42 Å². The Morgan fingerprint density at radius 1 is 1.35 bits per heavy atom. The molecule has 0 bridgehead atoms. The molecule has 0 fully saturated rings. The summed E-state index contributed by atoms with van der Waals surface area (Å²) in [5, 5.41) is 7.86. The average molecular weight is 319 g/mol. The van der Waals surface area contributed by atoms with E-state index in [4.69, 9.17) is 16.7 Å². The van der Waals surface area contributed by atoms with Gasteiger partial charge in [-0.25, -0.2) is 13.6 Å². The quantitative estimate of drug-likeness (QED) is 0.871. The van der Waals surface area contributed by atoms with Crippen molar-refractivity contribution in [3.05, 3.63) is 28.8 Å². The molecule has 0 aromatic heterocycles. The maximum atomic E-state index is 12.0. The summed E-state index contributed by atoms with van der Waals surface area (Å²) in [7, 11) is -3.95. The standard InChI is InChI=1S/C13H19ClN2O3S/c1-8(2)6-9(3)16-13(17)10-4-5-11(14)12(7-10)20(15,18)19/h4-5,7-9H,6H2,1-3H3,(H,16,17)(H2,15,18,19). The molecule has 1 rings (SSSR count). The van der Waals surface area contributed by atoms with Gasteiger partial charge in [-0.05, 0) is 37.5 Å². The second-order valence-electron chi connectivity index (χ2n) is 5.19. The molecule has 1 unspecified atom stereocenters. The molecule has 1 aromatic carbocycles. The molecule has 0 aliphatic heterocycles. The lowest BCUT2D eigenvalue weighted by molar-refractivity contribution is 0.0936. The second kappa shape index (κ2) is 6.56. The molecule has 3 N–H and O–H groups in total. The summed E-state index contributed by atoms with van der Waals surface area (Å²) in [6.07, 6.45) is 0.835. The van der Waals surface area contributed by atoms with Crippen LogP contribution in [0.15, 0.2) is 23.1 Å². The van der Waals surface area contributed by atoms with Crippen molar-refractivity contribution < 1.29 is 13.2 Å². The Morgan fingerprint density at radius 2 is 1.95 bits per heavy atom. The molecule has 1 amide bonds. The van der Waals surface area contributed by atoms with Gasteiger partial charge in [0.1, 0.15) is 4.90 Å². The zero-order valence-electron chi connectivity index (χ0n) is 11.7. The molecule has 0 heterocycles. The van der Waals surface area contributed by atoms with Crippen molar-refractivity contribution >= 4 is 27.5 Å². The molecule has 0 spiro atoms. The van der Waals surface area contributed by atoms with Crippen LogP contribution >= 0.6 is 11.6 Å². The first-order valence-corrected chi connectivity index (χ1v) is 8.17. The third-order valence-corrected chi connectivity index (χ3v) is 4.09. The van der Waals surface area contributed by atoms with Crippen molar-refractivity contribution in [1.82, 2.24) is 5.32 Å². The van der Waals surface area contributed by atoms with Crippen molar-refractivity contribution in [3.8, 4) is 0 Å². The van der Waals surface area contributed by atoms with E-state index >= 15 is 0 Å². The van der Waals surface area contributed by atoms with Gasteiger partial charge in [-0.1, -0.05) is 25.4 Å². The van der Waals surface area contributed by atoms with Crippen molar-refractivity contribution in [2.24, 2.45) is 11.1 Å². The van der Waals surface area contributed by atoms with Crippen LogP contribution in [-0.4, -0.2) is 20.4 Å². The number of sulfonamides is 1. The lowest BCUT2D eigenvalue weighted by atomic mass is 10.0. The molecular weight excluding hydrogens is 300 g/mol. The van der Waals surface area contributed by atoms with Crippen LogP contribution in [0, 0.1) is 5.92 Å². The van der Waals surface area contributed by atoms with Crippen molar-refractivity contribution in [2.45, 2.75) is 38.1 Å². The fraction of sp³-hybridized carbons (Fsp3) is 0.462. The lowest BCUT2D eigenvalue weighted by Crippen LogP contribution is -2.33. The van der Waals surface area contributed by atoms with E-state index in [9.17, 15) is 13.2 Å². The van der Waals surface area contributed by atoms with E-state index in [1.165, 1.54) is 18.2 Å². The van der Waals surface area contributed by atoms with Crippen LogP contribution in [-0.2, 0) is 10.0 Å². The third-order valence-electron chi connectivity index (χ3n) is 2.70. The summed E-state index contributed by atoms with van der Waals surface area (Å²) in [6.45, 7) is 6.02. The minimum Gasteiger partial charge on any atom is -0.350 e. The number of hydrogen-bond acceptors (Lipinski definition) is 3. The number of halogens is 1. The minimum absolute atomic E-state index is 0.000668. The maximum absolute atomic E-state index is 12.0. The molecule has 20 heavy (non-hydrogen) atoms. The van der Waals surface area contributed by atoms with E-state index < -0.39 is 10.0 Å². The largest absolute Gasteiger partial charge is 0.350 e. The fourth-order valence-corrected chi connectivity index (χ4v) is 3.01. The lowest BCUT2D eigenvalue weighted by Gasteiger charge is -2.16. The van der Waals surface area contributed by atoms with Crippen LogP contribution in [0.25, 0.3) is 0 Å². The fourth-order valence-electron chi connectivity index (χ4n) is 1.94. The summed E-state index contributed by atoms with van der Waals surface area (Å²) in [4.78, 5) is 11.8. The van der Waals surface area contributed by atoms with E-state index in [2.05, 4.69) is 19.2 Å². The molecule has 0 aliphatic rings. The molecule has 0 aliphatic carbocycles. The average Bonchev–Trinajstić information content (AvgIpc) is 2.26. The predicted molar refractivity (Wildman–Crippen MR) is 79.2 cm³/mol. The topological polar surface area (TPSA) is 89.3 Å². The van der Waals surface area contributed by atoms with Gasteiger partial charge in [0, 0.05) is 11.6 Å². The highest BCUT2D eigenvalue weighted by molar-refractivity contribution is 7.89. The molecule has 1 aromatic rings.